The monoisotopic (exact) mass is 241 g/mol. The van der Waals surface area contributed by atoms with E-state index in [0.717, 1.165) is 65.1 Å². The zero-order valence-corrected chi connectivity index (χ0v) is 10.4. The fraction of sp³-hybridized carbons (Fsp3) is 0.917. The number of hydrogen-bond donors (Lipinski definition) is 2. The summed E-state index contributed by atoms with van der Waals surface area (Å²) >= 11 is 0. The molecule has 0 spiro atoms. The second-order valence-corrected chi connectivity index (χ2v) is 5.07. The van der Waals surface area contributed by atoms with Gasteiger partial charge < -0.3 is 15.8 Å². The van der Waals surface area contributed by atoms with Crippen molar-refractivity contribution in [3.05, 3.63) is 0 Å². The summed E-state index contributed by atoms with van der Waals surface area (Å²) in [6.07, 6.45) is 3.74. The van der Waals surface area contributed by atoms with E-state index in [1.165, 1.54) is 0 Å². The van der Waals surface area contributed by atoms with Crippen molar-refractivity contribution in [3.8, 4) is 0 Å². The summed E-state index contributed by atoms with van der Waals surface area (Å²) in [6.45, 7) is 5.44. The second-order valence-electron chi connectivity index (χ2n) is 5.07. The number of nitrogens with one attached hydrogen (secondary N) is 1. The Hall–Kier alpha value is -0.650. The van der Waals surface area contributed by atoms with Gasteiger partial charge in [-0.1, -0.05) is 0 Å². The largest absolute Gasteiger partial charge is 0.379 e. The van der Waals surface area contributed by atoms with Crippen molar-refractivity contribution in [3.63, 3.8) is 0 Å². The Kier molecular flexibility index (Phi) is 4.36. The molecule has 0 aromatic rings. The first-order valence-electron chi connectivity index (χ1n) is 6.58. The van der Waals surface area contributed by atoms with E-state index in [0.29, 0.717) is 0 Å². The Morgan fingerprint density at radius 2 is 2.06 bits per heavy atom. The summed E-state index contributed by atoms with van der Waals surface area (Å²) < 4.78 is 5.28. The minimum atomic E-state index is -0.557. The van der Waals surface area contributed by atoms with Gasteiger partial charge in [-0.25, -0.2) is 0 Å². The van der Waals surface area contributed by atoms with Crippen LogP contribution in [0.1, 0.15) is 25.7 Å². The summed E-state index contributed by atoms with van der Waals surface area (Å²) in [5.41, 5.74) is 5.38. The van der Waals surface area contributed by atoms with Crippen LogP contribution in [-0.2, 0) is 9.53 Å². The van der Waals surface area contributed by atoms with E-state index in [-0.39, 0.29) is 5.91 Å². The van der Waals surface area contributed by atoms with Crippen LogP contribution in [0.3, 0.4) is 0 Å². The van der Waals surface area contributed by atoms with E-state index in [2.05, 4.69) is 10.2 Å². The maximum atomic E-state index is 11.7. The van der Waals surface area contributed by atoms with Gasteiger partial charge in [-0.2, -0.15) is 0 Å². The molecule has 3 N–H and O–H groups in total. The predicted octanol–water partition coefficient (Wildman–Crippen LogP) is -0.294. The highest BCUT2D eigenvalue weighted by Gasteiger charge is 2.39. The summed E-state index contributed by atoms with van der Waals surface area (Å²) in [4.78, 5) is 14.1. The number of morpholine rings is 1. The Balaban J connectivity index is 1.55. The standard InChI is InChI=1S/C12H23N3O2/c13-12(3-1-4-12)11(16)14-5-2-6-15-7-9-17-10-8-15/h1-10,13H2,(H,14,16). The lowest BCUT2D eigenvalue weighted by molar-refractivity contribution is -0.129. The first kappa shape index (κ1) is 12.8. The Morgan fingerprint density at radius 1 is 1.35 bits per heavy atom. The van der Waals surface area contributed by atoms with Crippen LogP contribution in [-0.4, -0.2) is 55.7 Å². The minimum Gasteiger partial charge on any atom is -0.379 e. The Morgan fingerprint density at radius 3 is 2.65 bits per heavy atom. The molecule has 98 valence electrons. The molecular weight excluding hydrogens is 218 g/mol. The molecule has 1 saturated heterocycles. The van der Waals surface area contributed by atoms with Gasteiger partial charge in [-0.3, -0.25) is 9.69 Å². The van der Waals surface area contributed by atoms with E-state index in [9.17, 15) is 4.79 Å². The molecule has 0 aromatic carbocycles. The van der Waals surface area contributed by atoms with Crippen LogP contribution in [0.15, 0.2) is 0 Å². The average Bonchev–Trinajstić information content (AvgIpc) is 2.32. The van der Waals surface area contributed by atoms with Gasteiger partial charge in [-0.15, -0.1) is 0 Å². The van der Waals surface area contributed by atoms with Crippen LogP contribution < -0.4 is 11.1 Å². The van der Waals surface area contributed by atoms with Gasteiger partial charge in [0.05, 0.1) is 18.8 Å². The quantitative estimate of drug-likeness (QED) is 0.649. The molecule has 1 aliphatic carbocycles. The summed E-state index contributed by atoms with van der Waals surface area (Å²) in [7, 11) is 0. The molecule has 0 bridgehead atoms. The molecule has 2 rings (SSSR count). The number of hydrogen-bond acceptors (Lipinski definition) is 4. The van der Waals surface area contributed by atoms with Crippen LogP contribution in [0.4, 0.5) is 0 Å². The predicted molar refractivity (Wildman–Crippen MR) is 65.7 cm³/mol. The minimum absolute atomic E-state index is 0.0331. The average molecular weight is 241 g/mol. The van der Waals surface area contributed by atoms with E-state index in [4.69, 9.17) is 10.5 Å². The maximum absolute atomic E-state index is 11.7. The molecular formula is C12H23N3O2. The summed E-state index contributed by atoms with van der Waals surface area (Å²) in [5.74, 6) is 0.0331. The van der Waals surface area contributed by atoms with E-state index in [1.54, 1.807) is 0 Å². The molecule has 0 atom stereocenters. The lowest BCUT2D eigenvalue weighted by Gasteiger charge is -2.36. The lowest BCUT2D eigenvalue weighted by atomic mass is 9.77. The van der Waals surface area contributed by atoms with E-state index in [1.807, 2.05) is 0 Å². The molecule has 5 heteroatoms. The lowest BCUT2D eigenvalue weighted by Crippen LogP contribution is -2.58. The van der Waals surface area contributed by atoms with Crippen LogP contribution in [0.2, 0.25) is 0 Å². The van der Waals surface area contributed by atoms with Crippen LogP contribution >= 0.6 is 0 Å². The molecule has 1 amide bonds. The van der Waals surface area contributed by atoms with Crippen molar-refractivity contribution in [2.45, 2.75) is 31.2 Å². The van der Waals surface area contributed by atoms with Crippen molar-refractivity contribution in [2.24, 2.45) is 5.73 Å². The van der Waals surface area contributed by atoms with Gasteiger partial charge in [0.2, 0.25) is 5.91 Å². The highest BCUT2D eigenvalue weighted by molar-refractivity contribution is 5.86. The number of amides is 1. The SMILES string of the molecule is NC1(C(=O)NCCCN2CCOCC2)CCC1. The Bertz CT molecular complexity index is 260. The Labute approximate surface area is 103 Å². The molecule has 17 heavy (non-hydrogen) atoms. The summed E-state index contributed by atoms with van der Waals surface area (Å²) in [5, 5.41) is 2.94. The molecule has 2 fully saturated rings. The molecule has 2 aliphatic rings. The van der Waals surface area contributed by atoms with Crippen molar-refractivity contribution < 1.29 is 9.53 Å². The van der Waals surface area contributed by atoms with E-state index >= 15 is 0 Å². The molecule has 0 radical (unpaired) electrons. The molecule has 1 heterocycles. The van der Waals surface area contributed by atoms with Crippen LogP contribution in [0.25, 0.3) is 0 Å². The molecule has 0 unspecified atom stereocenters. The van der Waals surface area contributed by atoms with Gasteiger partial charge in [0, 0.05) is 19.6 Å². The molecule has 0 aromatic heterocycles. The topological polar surface area (TPSA) is 67.6 Å². The molecule has 1 aliphatic heterocycles. The van der Waals surface area contributed by atoms with E-state index < -0.39 is 5.54 Å². The highest BCUT2D eigenvalue weighted by atomic mass is 16.5. The fourth-order valence-electron chi connectivity index (χ4n) is 2.29. The third kappa shape index (κ3) is 3.40. The fourth-order valence-corrected chi connectivity index (χ4v) is 2.29. The van der Waals surface area contributed by atoms with Crippen LogP contribution in [0, 0.1) is 0 Å². The van der Waals surface area contributed by atoms with Crippen LogP contribution in [0.5, 0.6) is 0 Å². The number of rotatable bonds is 5. The van der Waals surface area contributed by atoms with Crippen molar-refractivity contribution >= 4 is 5.91 Å². The summed E-state index contributed by atoms with van der Waals surface area (Å²) in [6, 6.07) is 0. The molecule has 1 saturated carbocycles. The number of ether oxygens (including phenoxy) is 1. The van der Waals surface area contributed by atoms with Gasteiger partial charge in [0.1, 0.15) is 0 Å². The second kappa shape index (κ2) is 5.80. The van der Waals surface area contributed by atoms with Crippen molar-refractivity contribution in [1.82, 2.24) is 10.2 Å². The number of carbonyl (C=O) groups excluding carboxylic acids is 1. The normalized spacial score (nSPS) is 24.1. The third-order valence-electron chi connectivity index (χ3n) is 3.74. The highest BCUT2D eigenvalue weighted by Crippen LogP contribution is 2.28. The van der Waals surface area contributed by atoms with Crippen molar-refractivity contribution in [2.75, 3.05) is 39.4 Å². The zero-order chi connectivity index (χ0) is 12.1. The van der Waals surface area contributed by atoms with Gasteiger partial charge in [0.25, 0.3) is 0 Å². The smallest absolute Gasteiger partial charge is 0.240 e. The van der Waals surface area contributed by atoms with Gasteiger partial charge in [-0.05, 0) is 32.2 Å². The zero-order valence-electron chi connectivity index (χ0n) is 10.4. The number of carbonyl (C=O) groups is 1. The number of nitrogens with two attached hydrogens (primary N) is 1. The third-order valence-corrected chi connectivity index (χ3v) is 3.74. The van der Waals surface area contributed by atoms with Crippen molar-refractivity contribution in [1.29, 1.82) is 0 Å². The van der Waals surface area contributed by atoms with Gasteiger partial charge >= 0.3 is 0 Å². The van der Waals surface area contributed by atoms with Gasteiger partial charge in [0.15, 0.2) is 0 Å². The number of nitrogens with zero attached hydrogens (tertiary/aromatic N) is 1. The first-order chi connectivity index (χ1) is 8.21. The molecule has 5 nitrogen and oxygen atoms in total. The maximum Gasteiger partial charge on any atom is 0.240 e. The first-order valence-corrected chi connectivity index (χ1v) is 6.58.